The van der Waals surface area contributed by atoms with Crippen molar-refractivity contribution in [2.75, 3.05) is 13.7 Å². The molecular formula is C18H20N2O4. The van der Waals surface area contributed by atoms with Crippen LogP contribution in [0.5, 0.6) is 17.2 Å². The fourth-order valence-electron chi connectivity index (χ4n) is 1.95. The van der Waals surface area contributed by atoms with Crippen molar-refractivity contribution in [3.8, 4) is 17.2 Å². The molecule has 2 rings (SSSR count). The third-order valence-corrected chi connectivity index (χ3v) is 3.45. The van der Waals surface area contributed by atoms with Crippen molar-refractivity contribution in [1.29, 1.82) is 0 Å². The molecule has 0 aliphatic carbocycles. The second-order valence-electron chi connectivity index (χ2n) is 5.26. The second kappa shape index (κ2) is 8.01. The highest BCUT2D eigenvalue weighted by Gasteiger charge is 2.03. The number of hydrogen-bond acceptors (Lipinski definition) is 5. The number of phenols is 1. The summed E-state index contributed by atoms with van der Waals surface area (Å²) < 4.78 is 10.4. The first-order valence-corrected chi connectivity index (χ1v) is 7.38. The number of phenolic OH excluding ortho intramolecular Hbond substituents is 1. The number of carbonyl (C=O) groups excluding carboxylic acids is 1. The Morgan fingerprint density at radius 2 is 2.00 bits per heavy atom. The fourth-order valence-corrected chi connectivity index (χ4v) is 1.95. The summed E-state index contributed by atoms with van der Waals surface area (Å²) in [5.74, 6) is 0.642. The summed E-state index contributed by atoms with van der Waals surface area (Å²) in [6, 6.07) is 10.4. The van der Waals surface area contributed by atoms with Gasteiger partial charge in [-0.25, -0.2) is 5.43 Å². The van der Waals surface area contributed by atoms with E-state index in [-0.39, 0.29) is 18.3 Å². The maximum atomic E-state index is 11.7. The van der Waals surface area contributed by atoms with Crippen LogP contribution in [0.1, 0.15) is 16.7 Å². The molecule has 2 aromatic rings. The summed E-state index contributed by atoms with van der Waals surface area (Å²) in [5, 5.41) is 13.5. The van der Waals surface area contributed by atoms with E-state index in [2.05, 4.69) is 10.5 Å². The molecule has 0 aliphatic heterocycles. The predicted octanol–water partition coefficient (Wildman–Crippen LogP) is 2.55. The monoisotopic (exact) mass is 328 g/mol. The molecule has 6 heteroatoms. The molecule has 1 amide bonds. The van der Waals surface area contributed by atoms with E-state index < -0.39 is 0 Å². The summed E-state index contributed by atoms with van der Waals surface area (Å²) in [7, 11) is 1.47. The fraction of sp³-hybridized carbons (Fsp3) is 0.222. The molecule has 24 heavy (non-hydrogen) atoms. The van der Waals surface area contributed by atoms with Crippen LogP contribution < -0.4 is 14.9 Å². The van der Waals surface area contributed by atoms with Crippen LogP contribution in [0, 0.1) is 13.8 Å². The Bertz CT molecular complexity index is 757. The van der Waals surface area contributed by atoms with Crippen molar-refractivity contribution in [3.63, 3.8) is 0 Å². The lowest BCUT2D eigenvalue weighted by Gasteiger charge is -2.07. The van der Waals surface area contributed by atoms with E-state index in [1.54, 1.807) is 12.1 Å². The molecule has 0 fully saturated rings. The summed E-state index contributed by atoms with van der Waals surface area (Å²) in [4.78, 5) is 11.7. The molecule has 0 saturated carbocycles. The Morgan fingerprint density at radius 3 is 2.67 bits per heavy atom. The normalized spacial score (nSPS) is 10.6. The number of rotatable bonds is 6. The average Bonchev–Trinajstić information content (AvgIpc) is 2.56. The summed E-state index contributed by atoms with van der Waals surface area (Å²) in [5.41, 5.74) is 5.26. The third-order valence-electron chi connectivity index (χ3n) is 3.45. The molecule has 0 saturated heterocycles. The van der Waals surface area contributed by atoms with E-state index in [1.807, 2.05) is 32.0 Å². The lowest BCUT2D eigenvalue weighted by molar-refractivity contribution is -0.123. The van der Waals surface area contributed by atoms with E-state index in [1.165, 1.54) is 25.0 Å². The zero-order valence-electron chi connectivity index (χ0n) is 13.9. The number of amides is 1. The smallest absolute Gasteiger partial charge is 0.277 e. The Morgan fingerprint density at radius 1 is 1.21 bits per heavy atom. The zero-order valence-corrected chi connectivity index (χ0v) is 13.9. The van der Waals surface area contributed by atoms with Gasteiger partial charge in [-0.2, -0.15) is 5.10 Å². The molecule has 6 nitrogen and oxygen atoms in total. The third kappa shape index (κ3) is 4.74. The molecule has 2 N–H and O–H groups in total. The highest BCUT2D eigenvalue weighted by Crippen LogP contribution is 2.25. The van der Waals surface area contributed by atoms with Gasteiger partial charge in [0.05, 0.1) is 13.3 Å². The van der Waals surface area contributed by atoms with Crippen LogP contribution >= 0.6 is 0 Å². The van der Waals surface area contributed by atoms with Gasteiger partial charge in [-0.05, 0) is 60.9 Å². The number of aromatic hydroxyl groups is 1. The molecular weight excluding hydrogens is 308 g/mol. The minimum absolute atomic E-state index is 0.00542. The number of hydrazone groups is 1. The van der Waals surface area contributed by atoms with Crippen LogP contribution in [-0.2, 0) is 4.79 Å². The van der Waals surface area contributed by atoms with E-state index >= 15 is 0 Å². The number of nitrogens with one attached hydrogen (secondary N) is 1. The van der Waals surface area contributed by atoms with Crippen LogP contribution in [0.2, 0.25) is 0 Å². The quantitative estimate of drug-likeness (QED) is 0.631. The first-order chi connectivity index (χ1) is 11.5. The molecule has 0 spiro atoms. The Labute approximate surface area is 140 Å². The van der Waals surface area contributed by atoms with Gasteiger partial charge >= 0.3 is 0 Å². The molecule has 0 aliphatic rings. The van der Waals surface area contributed by atoms with Gasteiger partial charge in [0, 0.05) is 0 Å². The summed E-state index contributed by atoms with van der Waals surface area (Å²) >= 11 is 0. The van der Waals surface area contributed by atoms with Crippen molar-refractivity contribution in [3.05, 3.63) is 53.1 Å². The van der Waals surface area contributed by atoms with Gasteiger partial charge in [0.25, 0.3) is 5.91 Å². The summed E-state index contributed by atoms with van der Waals surface area (Å²) in [6.07, 6.45) is 1.42. The lowest BCUT2D eigenvalue weighted by Crippen LogP contribution is -2.24. The second-order valence-corrected chi connectivity index (χ2v) is 5.26. The number of ether oxygens (including phenoxy) is 2. The maximum Gasteiger partial charge on any atom is 0.277 e. The van der Waals surface area contributed by atoms with Crippen LogP contribution in [0.4, 0.5) is 0 Å². The van der Waals surface area contributed by atoms with Gasteiger partial charge < -0.3 is 14.6 Å². The number of hydrogen-bond donors (Lipinski definition) is 2. The zero-order chi connectivity index (χ0) is 17.5. The highest BCUT2D eigenvalue weighted by atomic mass is 16.5. The Hall–Kier alpha value is -3.02. The van der Waals surface area contributed by atoms with E-state index in [0.29, 0.717) is 17.1 Å². The Balaban J connectivity index is 1.84. The van der Waals surface area contributed by atoms with Crippen molar-refractivity contribution < 1.29 is 19.4 Å². The van der Waals surface area contributed by atoms with Crippen molar-refractivity contribution >= 4 is 12.1 Å². The number of nitrogens with zero attached hydrogens (tertiary/aromatic N) is 1. The minimum Gasteiger partial charge on any atom is -0.504 e. The molecule has 0 atom stereocenters. The molecule has 2 aromatic carbocycles. The van der Waals surface area contributed by atoms with Gasteiger partial charge in [-0.1, -0.05) is 6.07 Å². The molecule has 0 bridgehead atoms. The van der Waals surface area contributed by atoms with Crippen LogP contribution in [0.15, 0.2) is 41.5 Å². The minimum atomic E-state index is -0.373. The highest BCUT2D eigenvalue weighted by molar-refractivity contribution is 5.83. The van der Waals surface area contributed by atoms with Crippen LogP contribution in [-0.4, -0.2) is 30.9 Å². The molecule has 126 valence electrons. The predicted molar refractivity (Wildman–Crippen MR) is 91.8 cm³/mol. The number of aryl methyl sites for hydroxylation is 2. The SMILES string of the molecule is COc1ccc(C=NNC(=O)COc2ccc(C)c(C)c2)cc1O. The maximum absolute atomic E-state index is 11.7. The number of carbonyl (C=O) groups is 1. The van der Waals surface area contributed by atoms with Crippen LogP contribution in [0.3, 0.4) is 0 Å². The van der Waals surface area contributed by atoms with Crippen molar-refractivity contribution in [1.82, 2.24) is 5.43 Å². The number of methoxy groups -OCH3 is 1. The van der Waals surface area contributed by atoms with E-state index in [9.17, 15) is 9.90 Å². The van der Waals surface area contributed by atoms with Gasteiger partial charge in [-0.3, -0.25) is 4.79 Å². The number of benzene rings is 2. The largest absolute Gasteiger partial charge is 0.504 e. The van der Waals surface area contributed by atoms with Gasteiger partial charge in [0.1, 0.15) is 5.75 Å². The molecule has 0 heterocycles. The van der Waals surface area contributed by atoms with Crippen LogP contribution in [0.25, 0.3) is 0 Å². The topological polar surface area (TPSA) is 80.2 Å². The molecule has 0 aromatic heterocycles. The summed E-state index contributed by atoms with van der Waals surface area (Å²) in [6.45, 7) is 3.86. The van der Waals surface area contributed by atoms with Gasteiger partial charge in [0.15, 0.2) is 18.1 Å². The van der Waals surface area contributed by atoms with Crippen molar-refractivity contribution in [2.45, 2.75) is 13.8 Å². The lowest BCUT2D eigenvalue weighted by atomic mass is 10.1. The van der Waals surface area contributed by atoms with E-state index in [4.69, 9.17) is 9.47 Å². The van der Waals surface area contributed by atoms with Gasteiger partial charge in [-0.15, -0.1) is 0 Å². The average molecular weight is 328 g/mol. The standard InChI is InChI=1S/C18H20N2O4/c1-12-4-6-15(8-13(12)2)24-11-18(22)20-19-10-14-5-7-17(23-3)16(21)9-14/h4-10,21H,11H2,1-3H3,(H,20,22). The first kappa shape index (κ1) is 17.3. The van der Waals surface area contributed by atoms with Crippen molar-refractivity contribution in [2.24, 2.45) is 5.10 Å². The first-order valence-electron chi connectivity index (χ1n) is 7.38. The molecule has 0 radical (unpaired) electrons. The Kier molecular flexibility index (Phi) is 5.78. The van der Waals surface area contributed by atoms with E-state index in [0.717, 1.165) is 5.56 Å². The molecule has 0 unspecified atom stereocenters. The van der Waals surface area contributed by atoms with Gasteiger partial charge in [0.2, 0.25) is 0 Å².